The third kappa shape index (κ3) is 3.43. The number of piperidine rings is 1. The van der Waals surface area contributed by atoms with Gasteiger partial charge in [0, 0.05) is 22.7 Å². The lowest BCUT2D eigenvalue weighted by atomic mass is 10.1. The Balaban J connectivity index is 1.66. The largest absolute Gasteiger partial charge is 0.300 e. The fraction of sp³-hybridized carbons (Fsp3) is 0.600. The Morgan fingerprint density at radius 2 is 1.52 bits per heavy atom. The number of nitrogens with zero attached hydrogens (tertiary/aromatic N) is 2. The molecule has 0 amide bonds. The van der Waals surface area contributed by atoms with Crippen molar-refractivity contribution in [3.8, 4) is 0 Å². The molecule has 0 saturated carbocycles. The number of hydrogen-bond donors (Lipinski definition) is 0. The molecule has 116 valence electrons. The van der Waals surface area contributed by atoms with Gasteiger partial charge in [0.25, 0.3) is 0 Å². The highest BCUT2D eigenvalue weighted by molar-refractivity contribution is 14.1. The van der Waals surface area contributed by atoms with Gasteiger partial charge in [-0.25, -0.2) is 8.42 Å². The van der Waals surface area contributed by atoms with Gasteiger partial charge >= 0.3 is 0 Å². The molecule has 1 aromatic rings. The van der Waals surface area contributed by atoms with E-state index in [-0.39, 0.29) is 0 Å². The lowest BCUT2D eigenvalue weighted by Gasteiger charge is -2.36. The second kappa shape index (κ2) is 6.52. The Bertz CT molecular complexity index is 574. The summed E-state index contributed by atoms with van der Waals surface area (Å²) >= 11 is 2.19. The minimum Gasteiger partial charge on any atom is -0.300 e. The maximum Gasteiger partial charge on any atom is 0.243 e. The van der Waals surface area contributed by atoms with Gasteiger partial charge in [0.2, 0.25) is 10.0 Å². The summed E-state index contributed by atoms with van der Waals surface area (Å²) < 4.78 is 28.0. The molecule has 21 heavy (non-hydrogen) atoms. The van der Waals surface area contributed by atoms with Crippen molar-refractivity contribution < 1.29 is 8.42 Å². The lowest BCUT2D eigenvalue weighted by molar-refractivity contribution is 0.168. The molecule has 0 radical (unpaired) electrons. The van der Waals surface area contributed by atoms with E-state index in [0.717, 1.165) is 16.4 Å². The molecule has 0 aliphatic carbocycles. The first-order chi connectivity index (χ1) is 10.1. The monoisotopic (exact) mass is 420 g/mol. The van der Waals surface area contributed by atoms with Gasteiger partial charge in [0.1, 0.15) is 0 Å². The van der Waals surface area contributed by atoms with Crippen LogP contribution in [0.1, 0.15) is 25.7 Å². The van der Waals surface area contributed by atoms with E-state index >= 15 is 0 Å². The van der Waals surface area contributed by atoms with Gasteiger partial charge in [0.05, 0.1) is 4.90 Å². The van der Waals surface area contributed by atoms with Crippen LogP contribution in [-0.2, 0) is 10.0 Å². The van der Waals surface area contributed by atoms with Gasteiger partial charge in [-0.15, -0.1) is 0 Å². The first-order valence-electron chi connectivity index (χ1n) is 7.57. The van der Waals surface area contributed by atoms with Crippen LogP contribution < -0.4 is 0 Å². The second-order valence-electron chi connectivity index (χ2n) is 5.83. The first kappa shape index (κ1) is 15.7. The van der Waals surface area contributed by atoms with Crippen molar-refractivity contribution in [1.29, 1.82) is 0 Å². The Hall–Kier alpha value is -0.180. The Morgan fingerprint density at radius 1 is 0.952 bits per heavy atom. The minimum absolute atomic E-state index is 0.419. The third-order valence-electron chi connectivity index (χ3n) is 4.53. The highest BCUT2D eigenvalue weighted by Gasteiger charge is 2.32. The molecule has 1 aromatic carbocycles. The van der Waals surface area contributed by atoms with E-state index in [1.165, 1.54) is 25.9 Å². The van der Waals surface area contributed by atoms with E-state index in [1.807, 2.05) is 12.1 Å². The number of halogens is 1. The normalized spacial score (nSPS) is 22.7. The van der Waals surface area contributed by atoms with E-state index < -0.39 is 10.0 Å². The third-order valence-corrected chi connectivity index (χ3v) is 7.16. The molecule has 4 nitrogen and oxygen atoms in total. The molecule has 0 atom stereocenters. The summed E-state index contributed by atoms with van der Waals surface area (Å²) in [6, 6.07) is 7.71. The summed E-state index contributed by atoms with van der Waals surface area (Å²) in [4.78, 5) is 2.96. The summed E-state index contributed by atoms with van der Waals surface area (Å²) in [7, 11) is -3.31. The Morgan fingerprint density at radius 3 is 2.10 bits per heavy atom. The molecule has 3 rings (SSSR count). The van der Waals surface area contributed by atoms with Crippen LogP contribution in [0.3, 0.4) is 0 Å². The Labute approximate surface area is 140 Å². The molecule has 2 aliphatic rings. The summed E-state index contributed by atoms with van der Waals surface area (Å²) in [5.74, 6) is 0. The van der Waals surface area contributed by atoms with Crippen LogP contribution in [0.5, 0.6) is 0 Å². The summed E-state index contributed by atoms with van der Waals surface area (Å²) in [6.07, 6.45) is 4.51. The van der Waals surface area contributed by atoms with Crippen molar-refractivity contribution in [1.82, 2.24) is 9.21 Å². The quantitative estimate of drug-likeness (QED) is 0.706. The molecule has 2 fully saturated rings. The van der Waals surface area contributed by atoms with E-state index in [2.05, 4.69) is 27.5 Å². The average Bonchev–Trinajstić information content (AvgIpc) is 3.02. The maximum atomic E-state index is 12.6. The number of hydrogen-bond acceptors (Lipinski definition) is 3. The molecule has 2 aliphatic heterocycles. The predicted molar refractivity (Wildman–Crippen MR) is 91.7 cm³/mol. The van der Waals surface area contributed by atoms with E-state index in [1.54, 1.807) is 16.4 Å². The first-order valence-corrected chi connectivity index (χ1v) is 10.1. The van der Waals surface area contributed by atoms with Crippen LogP contribution in [0.2, 0.25) is 0 Å². The number of sulfonamides is 1. The van der Waals surface area contributed by atoms with Crippen molar-refractivity contribution in [2.75, 3.05) is 26.2 Å². The van der Waals surface area contributed by atoms with Gasteiger partial charge in [-0.05, 0) is 85.6 Å². The van der Waals surface area contributed by atoms with E-state index in [9.17, 15) is 8.42 Å². The molecule has 0 bridgehead atoms. The van der Waals surface area contributed by atoms with Gasteiger partial charge in [-0.3, -0.25) is 0 Å². The Kier molecular flexibility index (Phi) is 4.87. The van der Waals surface area contributed by atoms with Crippen LogP contribution in [0, 0.1) is 3.57 Å². The zero-order chi connectivity index (χ0) is 14.9. The number of benzene rings is 1. The highest BCUT2D eigenvalue weighted by atomic mass is 127. The molecule has 0 spiro atoms. The fourth-order valence-corrected chi connectivity index (χ4v) is 5.14. The molecule has 0 unspecified atom stereocenters. The molecule has 0 N–H and O–H groups in total. The van der Waals surface area contributed by atoms with Crippen LogP contribution in [0.15, 0.2) is 29.2 Å². The fourth-order valence-electron chi connectivity index (χ4n) is 3.31. The van der Waals surface area contributed by atoms with Crippen molar-refractivity contribution in [2.24, 2.45) is 0 Å². The lowest BCUT2D eigenvalue weighted by Crippen LogP contribution is -2.45. The highest BCUT2D eigenvalue weighted by Crippen LogP contribution is 2.25. The van der Waals surface area contributed by atoms with Crippen molar-refractivity contribution in [3.05, 3.63) is 27.8 Å². The van der Waals surface area contributed by atoms with Gasteiger partial charge < -0.3 is 4.90 Å². The van der Waals surface area contributed by atoms with Crippen LogP contribution in [0.4, 0.5) is 0 Å². The average molecular weight is 420 g/mol. The van der Waals surface area contributed by atoms with Crippen molar-refractivity contribution in [2.45, 2.75) is 36.6 Å². The summed E-state index contributed by atoms with van der Waals surface area (Å²) in [6.45, 7) is 3.67. The van der Waals surface area contributed by atoms with Gasteiger partial charge in [-0.2, -0.15) is 4.31 Å². The van der Waals surface area contributed by atoms with Crippen LogP contribution in [-0.4, -0.2) is 49.8 Å². The topological polar surface area (TPSA) is 40.6 Å². The standard InChI is InChI=1S/C15H21IN2O2S/c16-13-3-5-15(6-4-13)21(19,20)18-11-7-14(8-12-18)17-9-1-2-10-17/h3-6,14H,1-2,7-12H2. The number of likely N-dealkylation sites (tertiary alicyclic amines) is 1. The molecule has 0 aromatic heterocycles. The maximum absolute atomic E-state index is 12.6. The van der Waals surface area contributed by atoms with E-state index in [4.69, 9.17) is 0 Å². The van der Waals surface area contributed by atoms with Crippen LogP contribution in [0.25, 0.3) is 0 Å². The van der Waals surface area contributed by atoms with Crippen LogP contribution >= 0.6 is 22.6 Å². The van der Waals surface area contributed by atoms with Gasteiger partial charge in [-0.1, -0.05) is 0 Å². The van der Waals surface area contributed by atoms with Crippen molar-refractivity contribution in [3.63, 3.8) is 0 Å². The smallest absolute Gasteiger partial charge is 0.243 e. The second-order valence-corrected chi connectivity index (χ2v) is 9.02. The zero-order valence-electron chi connectivity index (χ0n) is 12.0. The molecular weight excluding hydrogens is 399 g/mol. The molecule has 6 heteroatoms. The summed E-state index contributed by atoms with van der Waals surface area (Å²) in [5, 5.41) is 0. The SMILES string of the molecule is O=S(=O)(c1ccc(I)cc1)N1CCC(N2CCCC2)CC1. The summed E-state index contributed by atoms with van der Waals surface area (Å²) in [5.41, 5.74) is 0. The minimum atomic E-state index is -3.31. The number of rotatable bonds is 3. The van der Waals surface area contributed by atoms with E-state index in [0.29, 0.717) is 24.0 Å². The van der Waals surface area contributed by atoms with Gasteiger partial charge in [0.15, 0.2) is 0 Å². The zero-order valence-corrected chi connectivity index (χ0v) is 15.0. The molecular formula is C15H21IN2O2S. The molecule has 2 heterocycles. The predicted octanol–water partition coefficient (Wildman–Crippen LogP) is 2.54. The van der Waals surface area contributed by atoms with Crippen molar-refractivity contribution >= 4 is 32.6 Å². The molecule has 2 saturated heterocycles.